The highest BCUT2D eigenvalue weighted by atomic mass is 16.5. The molecular formula is C19H28N4O2. The van der Waals surface area contributed by atoms with Gasteiger partial charge in [0.05, 0.1) is 6.54 Å². The van der Waals surface area contributed by atoms with Crippen molar-refractivity contribution in [3.63, 3.8) is 0 Å². The van der Waals surface area contributed by atoms with Crippen molar-refractivity contribution in [3.05, 3.63) is 48.0 Å². The highest BCUT2D eigenvalue weighted by molar-refractivity contribution is 5.78. The van der Waals surface area contributed by atoms with E-state index in [0.717, 1.165) is 36.8 Å². The van der Waals surface area contributed by atoms with Gasteiger partial charge in [-0.3, -0.25) is 9.69 Å². The molecule has 0 aliphatic rings. The van der Waals surface area contributed by atoms with Gasteiger partial charge in [-0.2, -0.15) is 0 Å². The van der Waals surface area contributed by atoms with Crippen LogP contribution in [0.15, 0.2) is 36.7 Å². The predicted octanol–water partition coefficient (Wildman–Crippen LogP) is 2.30. The summed E-state index contributed by atoms with van der Waals surface area (Å²) in [6.07, 6.45) is 3.66. The van der Waals surface area contributed by atoms with Gasteiger partial charge >= 0.3 is 0 Å². The summed E-state index contributed by atoms with van der Waals surface area (Å²) in [4.78, 5) is 20.3. The Morgan fingerprint density at radius 3 is 2.44 bits per heavy atom. The number of aromatic nitrogens is 2. The SMILES string of the molecule is CCN(CC)C(=O)CN(C)Cc1ccc(OCc2nccn2C)cc1. The lowest BCUT2D eigenvalue weighted by atomic mass is 10.2. The van der Waals surface area contributed by atoms with Crippen LogP contribution in [0, 0.1) is 0 Å². The number of hydrogen-bond acceptors (Lipinski definition) is 4. The molecule has 0 aliphatic heterocycles. The zero-order valence-electron chi connectivity index (χ0n) is 15.6. The fraction of sp³-hybridized carbons (Fsp3) is 0.474. The van der Waals surface area contributed by atoms with E-state index in [1.165, 1.54) is 0 Å². The molecule has 1 aromatic carbocycles. The molecule has 0 saturated carbocycles. The summed E-state index contributed by atoms with van der Waals surface area (Å²) in [6.45, 7) is 7.12. The van der Waals surface area contributed by atoms with Gasteiger partial charge in [0.15, 0.2) is 0 Å². The van der Waals surface area contributed by atoms with E-state index in [1.807, 2.05) is 72.8 Å². The van der Waals surface area contributed by atoms with E-state index in [2.05, 4.69) is 4.98 Å². The normalized spacial score (nSPS) is 10.9. The number of nitrogens with zero attached hydrogens (tertiary/aromatic N) is 4. The highest BCUT2D eigenvalue weighted by Gasteiger charge is 2.12. The van der Waals surface area contributed by atoms with E-state index in [9.17, 15) is 4.79 Å². The van der Waals surface area contributed by atoms with Crippen LogP contribution in [0.4, 0.5) is 0 Å². The first-order chi connectivity index (χ1) is 12.0. The molecule has 6 heteroatoms. The number of carbonyl (C=O) groups excluding carboxylic acids is 1. The number of amides is 1. The monoisotopic (exact) mass is 344 g/mol. The van der Waals surface area contributed by atoms with E-state index in [4.69, 9.17) is 4.74 Å². The lowest BCUT2D eigenvalue weighted by Gasteiger charge is -2.23. The number of imidazole rings is 1. The van der Waals surface area contributed by atoms with Gasteiger partial charge in [-0.25, -0.2) is 4.98 Å². The molecule has 0 radical (unpaired) electrons. The molecule has 0 fully saturated rings. The van der Waals surface area contributed by atoms with E-state index < -0.39 is 0 Å². The van der Waals surface area contributed by atoms with Gasteiger partial charge in [-0.05, 0) is 38.6 Å². The van der Waals surface area contributed by atoms with Crippen molar-refractivity contribution in [3.8, 4) is 5.75 Å². The maximum absolute atomic E-state index is 12.1. The average molecular weight is 344 g/mol. The Morgan fingerprint density at radius 2 is 1.88 bits per heavy atom. The fourth-order valence-corrected chi connectivity index (χ4v) is 2.65. The van der Waals surface area contributed by atoms with Gasteiger partial charge < -0.3 is 14.2 Å². The molecule has 0 bridgehead atoms. The topological polar surface area (TPSA) is 50.6 Å². The van der Waals surface area contributed by atoms with E-state index in [1.54, 1.807) is 6.20 Å². The second kappa shape index (κ2) is 9.22. The molecule has 1 amide bonds. The smallest absolute Gasteiger partial charge is 0.236 e. The van der Waals surface area contributed by atoms with Gasteiger partial charge in [0, 0.05) is 39.1 Å². The Kier molecular flexibility index (Phi) is 7.01. The Balaban J connectivity index is 1.83. The van der Waals surface area contributed by atoms with Crippen LogP contribution in [0.2, 0.25) is 0 Å². The number of likely N-dealkylation sites (N-methyl/N-ethyl adjacent to an activating group) is 2. The van der Waals surface area contributed by atoms with Crippen LogP contribution in [0.25, 0.3) is 0 Å². The summed E-state index contributed by atoms with van der Waals surface area (Å²) < 4.78 is 7.70. The molecule has 0 unspecified atom stereocenters. The Labute approximate surface area is 150 Å². The minimum atomic E-state index is 0.169. The van der Waals surface area contributed by atoms with Crippen molar-refractivity contribution in [2.45, 2.75) is 27.0 Å². The lowest BCUT2D eigenvalue weighted by Crippen LogP contribution is -2.38. The minimum Gasteiger partial charge on any atom is -0.486 e. The van der Waals surface area contributed by atoms with Crippen molar-refractivity contribution < 1.29 is 9.53 Å². The summed E-state index contributed by atoms with van der Waals surface area (Å²) in [5, 5.41) is 0. The number of aryl methyl sites for hydroxylation is 1. The molecule has 25 heavy (non-hydrogen) atoms. The van der Waals surface area contributed by atoms with E-state index in [-0.39, 0.29) is 5.91 Å². The number of carbonyl (C=O) groups is 1. The lowest BCUT2D eigenvalue weighted by molar-refractivity contribution is -0.131. The van der Waals surface area contributed by atoms with Gasteiger partial charge in [-0.1, -0.05) is 12.1 Å². The van der Waals surface area contributed by atoms with Crippen LogP contribution < -0.4 is 4.74 Å². The molecule has 0 spiro atoms. The van der Waals surface area contributed by atoms with Crippen LogP contribution in [-0.2, 0) is 25.0 Å². The third-order valence-electron chi connectivity index (χ3n) is 4.19. The van der Waals surface area contributed by atoms with Crippen molar-refractivity contribution in [1.29, 1.82) is 0 Å². The van der Waals surface area contributed by atoms with Gasteiger partial charge in [0.2, 0.25) is 5.91 Å². The van der Waals surface area contributed by atoms with Crippen LogP contribution in [-0.4, -0.2) is 51.9 Å². The molecule has 2 aromatic rings. The van der Waals surface area contributed by atoms with Crippen LogP contribution >= 0.6 is 0 Å². The summed E-state index contributed by atoms with van der Waals surface area (Å²) in [5.74, 6) is 1.87. The molecule has 0 atom stereocenters. The Morgan fingerprint density at radius 1 is 1.20 bits per heavy atom. The third-order valence-corrected chi connectivity index (χ3v) is 4.19. The standard InChI is InChI=1S/C19H28N4O2/c1-5-23(6-2)19(24)14-21(3)13-16-7-9-17(10-8-16)25-15-18-20-11-12-22(18)4/h7-12H,5-6,13-15H2,1-4H3. The molecule has 1 aromatic heterocycles. The average Bonchev–Trinajstić information content (AvgIpc) is 3.00. The molecular weight excluding hydrogens is 316 g/mol. The molecule has 2 rings (SSSR count). The molecule has 136 valence electrons. The number of rotatable bonds is 9. The van der Waals surface area contributed by atoms with Crippen molar-refractivity contribution in [2.24, 2.45) is 7.05 Å². The number of hydrogen-bond donors (Lipinski definition) is 0. The Bertz CT molecular complexity index is 662. The van der Waals surface area contributed by atoms with Gasteiger partial charge in [0.1, 0.15) is 18.2 Å². The maximum Gasteiger partial charge on any atom is 0.236 e. The first kappa shape index (κ1) is 19.0. The summed E-state index contributed by atoms with van der Waals surface area (Å²) in [5.41, 5.74) is 1.15. The second-order valence-electron chi connectivity index (χ2n) is 6.13. The first-order valence-corrected chi connectivity index (χ1v) is 8.67. The van der Waals surface area contributed by atoms with Gasteiger partial charge in [0.25, 0.3) is 0 Å². The third kappa shape index (κ3) is 5.60. The van der Waals surface area contributed by atoms with Gasteiger partial charge in [-0.15, -0.1) is 0 Å². The van der Waals surface area contributed by atoms with Crippen LogP contribution in [0.5, 0.6) is 5.75 Å². The zero-order valence-corrected chi connectivity index (χ0v) is 15.6. The molecule has 0 aliphatic carbocycles. The largest absolute Gasteiger partial charge is 0.486 e. The van der Waals surface area contributed by atoms with Crippen LogP contribution in [0.3, 0.4) is 0 Å². The minimum absolute atomic E-state index is 0.169. The van der Waals surface area contributed by atoms with E-state index in [0.29, 0.717) is 13.2 Å². The molecule has 6 nitrogen and oxygen atoms in total. The quantitative estimate of drug-likeness (QED) is 0.700. The maximum atomic E-state index is 12.1. The van der Waals surface area contributed by atoms with Crippen molar-refractivity contribution in [2.75, 3.05) is 26.7 Å². The summed E-state index contributed by atoms with van der Waals surface area (Å²) in [7, 11) is 3.91. The van der Waals surface area contributed by atoms with Crippen molar-refractivity contribution >= 4 is 5.91 Å². The van der Waals surface area contributed by atoms with Crippen molar-refractivity contribution in [1.82, 2.24) is 19.4 Å². The molecule has 1 heterocycles. The summed E-state index contributed by atoms with van der Waals surface area (Å²) >= 11 is 0. The predicted molar refractivity (Wildman–Crippen MR) is 98.2 cm³/mol. The number of benzene rings is 1. The Hall–Kier alpha value is -2.34. The van der Waals surface area contributed by atoms with E-state index >= 15 is 0 Å². The molecule has 0 saturated heterocycles. The highest BCUT2D eigenvalue weighted by Crippen LogP contribution is 2.15. The zero-order chi connectivity index (χ0) is 18.2. The molecule has 0 N–H and O–H groups in total. The first-order valence-electron chi connectivity index (χ1n) is 8.67. The second-order valence-corrected chi connectivity index (χ2v) is 6.13. The van der Waals surface area contributed by atoms with Crippen LogP contribution in [0.1, 0.15) is 25.2 Å². The fourth-order valence-electron chi connectivity index (χ4n) is 2.65. The number of ether oxygens (including phenoxy) is 1. The summed E-state index contributed by atoms with van der Waals surface area (Å²) in [6, 6.07) is 7.98.